The zero-order valence-electron chi connectivity index (χ0n) is 12.5. The van der Waals surface area contributed by atoms with Crippen LogP contribution in [0.25, 0.3) is 16.9 Å². The van der Waals surface area contributed by atoms with E-state index >= 15 is 0 Å². The smallest absolute Gasteiger partial charge is 0.274 e. The molecule has 1 saturated carbocycles. The summed E-state index contributed by atoms with van der Waals surface area (Å²) in [6, 6.07) is 11.6. The number of H-pyrrole nitrogens is 1. The van der Waals surface area contributed by atoms with Gasteiger partial charge in [-0.1, -0.05) is 49.6 Å². The Bertz CT molecular complexity index is 842. The van der Waals surface area contributed by atoms with E-state index in [9.17, 15) is 4.79 Å². The lowest BCUT2D eigenvalue weighted by atomic mass is 9.85. The number of aromatic amines is 1. The number of hydrogen-bond donors (Lipinski definition) is 1. The van der Waals surface area contributed by atoms with Crippen molar-refractivity contribution in [3.63, 3.8) is 0 Å². The second kappa shape index (κ2) is 5.44. The van der Waals surface area contributed by atoms with Crippen LogP contribution in [0.3, 0.4) is 0 Å². The van der Waals surface area contributed by atoms with Crippen molar-refractivity contribution in [3.05, 3.63) is 58.5 Å². The summed E-state index contributed by atoms with van der Waals surface area (Å²) >= 11 is 0. The predicted octanol–water partition coefficient (Wildman–Crippen LogP) is 3.74. The summed E-state index contributed by atoms with van der Waals surface area (Å²) in [5.41, 5.74) is 3.86. The van der Waals surface area contributed by atoms with Gasteiger partial charge in [-0.25, -0.2) is 0 Å². The number of nitrogens with zero attached hydrogens (tertiary/aromatic N) is 2. The maximum atomic E-state index is 12.3. The molecule has 1 fully saturated rings. The van der Waals surface area contributed by atoms with Gasteiger partial charge in [-0.15, -0.1) is 0 Å². The number of nitrogens with one attached hydrogen (secondary N) is 1. The molecule has 0 amide bonds. The second-order valence-electron chi connectivity index (χ2n) is 6.08. The van der Waals surface area contributed by atoms with Crippen LogP contribution in [0, 0.1) is 0 Å². The van der Waals surface area contributed by atoms with Gasteiger partial charge in [-0.3, -0.25) is 4.79 Å². The van der Waals surface area contributed by atoms with Crippen LogP contribution in [-0.4, -0.2) is 14.6 Å². The maximum absolute atomic E-state index is 12.3. The van der Waals surface area contributed by atoms with Crippen molar-refractivity contribution in [2.75, 3.05) is 0 Å². The Labute approximate surface area is 128 Å². The third-order valence-electron chi connectivity index (χ3n) is 4.66. The summed E-state index contributed by atoms with van der Waals surface area (Å²) in [6.07, 6.45) is 8.12. The molecule has 112 valence electrons. The Balaban J connectivity index is 1.86. The Kier molecular flexibility index (Phi) is 3.29. The Morgan fingerprint density at radius 2 is 1.86 bits per heavy atom. The number of aromatic nitrogens is 3. The van der Waals surface area contributed by atoms with E-state index in [2.05, 4.69) is 10.1 Å². The summed E-state index contributed by atoms with van der Waals surface area (Å²) in [5.74, 6) is 0.521. The van der Waals surface area contributed by atoms with Crippen molar-refractivity contribution < 1.29 is 0 Å². The standard InChI is InChI=1S/C18H19N3O/c22-17-11-16(14-9-5-2-6-10-14)20-18-15(12-19-21(17)18)13-7-3-1-4-8-13/h2,5-6,9-13,20H,1,3-4,7-8H2. The summed E-state index contributed by atoms with van der Waals surface area (Å²) in [4.78, 5) is 15.8. The Morgan fingerprint density at radius 3 is 2.64 bits per heavy atom. The van der Waals surface area contributed by atoms with Crippen molar-refractivity contribution >= 4 is 5.65 Å². The zero-order chi connectivity index (χ0) is 14.9. The molecule has 0 atom stereocenters. The largest absolute Gasteiger partial charge is 0.339 e. The topological polar surface area (TPSA) is 50.2 Å². The monoisotopic (exact) mass is 293 g/mol. The average molecular weight is 293 g/mol. The lowest BCUT2D eigenvalue weighted by molar-refractivity contribution is 0.445. The molecule has 4 nitrogen and oxygen atoms in total. The number of fused-ring (bicyclic) bond motifs is 1. The summed E-state index contributed by atoms with van der Waals surface area (Å²) in [5, 5.41) is 4.30. The zero-order valence-corrected chi connectivity index (χ0v) is 12.5. The fourth-order valence-electron chi connectivity index (χ4n) is 3.49. The molecule has 1 aliphatic carbocycles. The SMILES string of the molecule is O=c1cc(-c2ccccc2)[nH]c2c(C3CCCCC3)cnn12. The molecule has 22 heavy (non-hydrogen) atoms. The molecular formula is C18H19N3O. The Hall–Kier alpha value is -2.36. The third kappa shape index (κ3) is 2.25. The first kappa shape index (κ1) is 13.3. The first-order valence-electron chi connectivity index (χ1n) is 7.99. The number of benzene rings is 1. The highest BCUT2D eigenvalue weighted by Crippen LogP contribution is 2.34. The molecule has 0 saturated heterocycles. The minimum atomic E-state index is -0.0744. The van der Waals surface area contributed by atoms with E-state index in [-0.39, 0.29) is 5.56 Å². The van der Waals surface area contributed by atoms with Crippen molar-refractivity contribution in [2.45, 2.75) is 38.0 Å². The quantitative estimate of drug-likeness (QED) is 0.782. The van der Waals surface area contributed by atoms with Crippen LogP contribution in [0.5, 0.6) is 0 Å². The number of rotatable bonds is 2. The van der Waals surface area contributed by atoms with Gasteiger partial charge >= 0.3 is 0 Å². The van der Waals surface area contributed by atoms with Gasteiger partial charge in [0, 0.05) is 11.6 Å². The van der Waals surface area contributed by atoms with Gasteiger partial charge in [0.1, 0.15) is 5.65 Å². The van der Waals surface area contributed by atoms with Crippen LogP contribution in [0.15, 0.2) is 47.4 Å². The van der Waals surface area contributed by atoms with Crippen molar-refractivity contribution in [3.8, 4) is 11.3 Å². The molecule has 0 spiro atoms. The highest BCUT2D eigenvalue weighted by molar-refractivity contribution is 5.62. The first-order valence-corrected chi connectivity index (χ1v) is 7.99. The first-order chi connectivity index (χ1) is 10.8. The lowest BCUT2D eigenvalue weighted by Gasteiger charge is -2.20. The van der Waals surface area contributed by atoms with E-state index in [1.807, 2.05) is 36.5 Å². The normalized spacial score (nSPS) is 16.2. The van der Waals surface area contributed by atoms with Gasteiger partial charge in [0.25, 0.3) is 5.56 Å². The molecule has 0 radical (unpaired) electrons. The molecule has 2 heterocycles. The average Bonchev–Trinajstić information content (AvgIpc) is 3.01. The van der Waals surface area contributed by atoms with Gasteiger partial charge in [-0.05, 0) is 24.3 Å². The molecule has 0 aliphatic heterocycles. The van der Waals surface area contributed by atoms with Gasteiger partial charge in [0.15, 0.2) is 0 Å². The molecule has 4 rings (SSSR count). The van der Waals surface area contributed by atoms with Crippen LogP contribution in [-0.2, 0) is 0 Å². The third-order valence-corrected chi connectivity index (χ3v) is 4.66. The van der Waals surface area contributed by atoms with Crippen LogP contribution < -0.4 is 5.56 Å². The van der Waals surface area contributed by atoms with Gasteiger partial charge in [0.05, 0.1) is 11.9 Å². The molecule has 4 heteroatoms. The van der Waals surface area contributed by atoms with Gasteiger partial charge < -0.3 is 4.98 Å². The fraction of sp³-hybridized carbons (Fsp3) is 0.333. The van der Waals surface area contributed by atoms with E-state index < -0.39 is 0 Å². The minimum absolute atomic E-state index is 0.0744. The number of hydrogen-bond acceptors (Lipinski definition) is 2. The van der Waals surface area contributed by atoms with Crippen molar-refractivity contribution in [1.82, 2.24) is 14.6 Å². The van der Waals surface area contributed by atoms with Crippen LogP contribution in [0.1, 0.15) is 43.6 Å². The molecule has 1 aliphatic rings. The van der Waals surface area contributed by atoms with E-state index in [1.54, 1.807) is 6.07 Å². The maximum Gasteiger partial charge on any atom is 0.274 e. The summed E-state index contributed by atoms with van der Waals surface area (Å²) < 4.78 is 1.50. The minimum Gasteiger partial charge on any atom is -0.339 e. The predicted molar refractivity (Wildman–Crippen MR) is 87.1 cm³/mol. The molecule has 1 N–H and O–H groups in total. The van der Waals surface area contributed by atoms with Crippen LogP contribution in [0.2, 0.25) is 0 Å². The second-order valence-corrected chi connectivity index (χ2v) is 6.08. The molecule has 0 unspecified atom stereocenters. The van der Waals surface area contributed by atoms with Crippen molar-refractivity contribution in [2.24, 2.45) is 0 Å². The molecule has 1 aromatic carbocycles. The summed E-state index contributed by atoms with van der Waals surface area (Å²) in [6.45, 7) is 0. The van der Waals surface area contributed by atoms with Crippen molar-refractivity contribution in [1.29, 1.82) is 0 Å². The van der Waals surface area contributed by atoms with E-state index in [4.69, 9.17) is 0 Å². The highest BCUT2D eigenvalue weighted by Gasteiger charge is 2.20. The fourth-order valence-corrected chi connectivity index (χ4v) is 3.49. The van der Waals surface area contributed by atoms with Gasteiger partial charge in [0.2, 0.25) is 0 Å². The van der Waals surface area contributed by atoms with E-state index in [0.29, 0.717) is 5.92 Å². The van der Waals surface area contributed by atoms with Crippen LogP contribution >= 0.6 is 0 Å². The van der Waals surface area contributed by atoms with Gasteiger partial charge in [-0.2, -0.15) is 9.61 Å². The molecule has 2 aromatic heterocycles. The molecule has 3 aromatic rings. The summed E-state index contributed by atoms with van der Waals surface area (Å²) in [7, 11) is 0. The Morgan fingerprint density at radius 1 is 1.09 bits per heavy atom. The van der Waals surface area contributed by atoms with Crippen LogP contribution in [0.4, 0.5) is 0 Å². The van der Waals surface area contributed by atoms with E-state index in [0.717, 1.165) is 16.9 Å². The molecular weight excluding hydrogens is 274 g/mol. The lowest BCUT2D eigenvalue weighted by Crippen LogP contribution is -2.15. The molecule has 0 bridgehead atoms. The van der Waals surface area contributed by atoms with E-state index in [1.165, 1.54) is 42.2 Å². The highest BCUT2D eigenvalue weighted by atomic mass is 16.1.